The first-order valence-corrected chi connectivity index (χ1v) is 10.4. The number of rotatable bonds is 5. The first kappa shape index (κ1) is 23.8. The number of benzene rings is 3. The fraction of sp³-hybridized carbons (Fsp3) is 0.179. The van der Waals surface area contributed by atoms with E-state index in [4.69, 9.17) is 5.11 Å². The molecule has 1 aromatic heterocycles. The van der Waals surface area contributed by atoms with Crippen LogP contribution in [0.25, 0.3) is 33.4 Å². The van der Waals surface area contributed by atoms with Crippen LogP contribution in [0, 0.1) is 0 Å². The molecule has 0 fully saturated rings. The third kappa shape index (κ3) is 5.39. The van der Waals surface area contributed by atoms with Gasteiger partial charge in [-0.15, -0.1) is 6.58 Å². The molecule has 3 heteroatoms. The Bertz CT molecular complexity index is 1170. The van der Waals surface area contributed by atoms with Gasteiger partial charge >= 0.3 is 0 Å². The van der Waals surface area contributed by atoms with Gasteiger partial charge in [0.05, 0.1) is 5.52 Å². The maximum Gasteiger partial charge on any atom is 0.120 e. The molecule has 3 nitrogen and oxygen atoms in total. The van der Waals surface area contributed by atoms with Gasteiger partial charge in [-0.05, 0) is 60.9 Å². The smallest absolute Gasteiger partial charge is 0.120 e. The van der Waals surface area contributed by atoms with Gasteiger partial charge in [-0.3, -0.25) is 0 Å². The third-order valence-electron chi connectivity index (χ3n) is 4.84. The van der Waals surface area contributed by atoms with Crippen molar-refractivity contribution >= 4 is 34.0 Å². The second-order valence-corrected chi connectivity index (χ2v) is 6.87. The summed E-state index contributed by atoms with van der Waals surface area (Å²) < 4.78 is 2.31. The van der Waals surface area contributed by atoms with Crippen LogP contribution in [-0.2, 0) is 11.2 Å². The lowest BCUT2D eigenvalue weighted by Gasteiger charge is -2.14. The average Bonchev–Trinajstić information content (AvgIpc) is 3.18. The predicted octanol–water partition coefficient (Wildman–Crippen LogP) is 6.75. The van der Waals surface area contributed by atoms with Crippen molar-refractivity contribution in [2.45, 2.75) is 26.7 Å². The van der Waals surface area contributed by atoms with Crippen molar-refractivity contribution in [3.05, 3.63) is 96.7 Å². The highest BCUT2D eigenvalue weighted by atomic mass is 16.2. The number of hydrogen-bond acceptors (Lipinski definition) is 2. The monoisotopic (exact) mass is 413 g/mol. The summed E-state index contributed by atoms with van der Waals surface area (Å²) in [5.74, 6) is 0. The summed E-state index contributed by atoms with van der Waals surface area (Å²) in [5.41, 5.74) is 4.68. The molecule has 0 aliphatic heterocycles. The van der Waals surface area contributed by atoms with Crippen molar-refractivity contribution < 1.29 is 9.90 Å². The lowest BCUT2D eigenvalue weighted by atomic mass is 10.1. The van der Waals surface area contributed by atoms with Crippen LogP contribution >= 0.6 is 0 Å². The van der Waals surface area contributed by atoms with E-state index in [1.54, 1.807) is 6.08 Å². The van der Waals surface area contributed by atoms with Crippen LogP contribution in [0.2, 0.25) is 0 Å². The minimum atomic E-state index is 0.540. The molecule has 0 bridgehead atoms. The SMILES string of the molecule is C/C=C/c1cc2c3ccccc3ccc2n1-c1ccccc1CCC=O.C=CC.CO. The topological polar surface area (TPSA) is 42.2 Å². The van der Waals surface area contributed by atoms with Gasteiger partial charge in [0.25, 0.3) is 0 Å². The Morgan fingerprint density at radius 2 is 1.61 bits per heavy atom. The van der Waals surface area contributed by atoms with Crippen molar-refractivity contribution in [1.29, 1.82) is 0 Å². The molecule has 0 radical (unpaired) electrons. The Hall–Kier alpha value is -3.43. The van der Waals surface area contributed by atoms with Gasteiger partial charge in [-0.1, -0.05) is 60.7 Å². The number of para-hydroxylation sites is 1. The molecule has 0 amide bonds. The van der Waals surface area contributed by atoms with Crippen molar-refractivity contribution in [2.24, 2.45) is 0 Å². The summed E-state index contributed by atoms with van der Waals surface area (Å²) in [5, 5.41) is 10.8. The molecule has 0 atom stereocenters. The van der Waals surface area contributed by atoms with Crippen LogP contribution in [0.3, 0.4) is 0 Å². The highest BCUT2D eigenvalue weighted by molar-refractivity contribution is 6.08. The maximum absolute atomic E-state index is 10.9. The minimum Gasteiger partial charge on any atom is -0.400 e. The molecule has 160 valence electrons. The largest absolute Gasteiger partial charge is 0.400 e. The van der Waals surface area contributed by atoms with E-state index in [1.165, 1.54) is 27.2 Å². The zero-order valence-electron chi connectivity index (χ0n) is 18.6. The number of aldehydes is 1. The maximum atomic E-state index is 10.9. The number of carbonyl (C=O) groups excluding carboxylic acids is 1. The van der Waals surface area contributed by atoms with Crippen molar-refractivity contribution in [2.75, 3.05) is 7.11 Å². The molecule has 4 rings (SSSR count). The average molecular weight is 414 g/mol. The van der Waals surface area contributed by atoms with Crippen LogP contribution < -0.4 is 0 Å². The Labute approximate surface area is 185 Å². The molecule has 1 heterocycles. The first-order chi connectivity index (χ1) is 15.2. The lowest BCUT2D eigenvalue weighted by Crippen LogP contribution is -2.01. The molecular formula is C28H31NO2. The second-order valence-electron chi connectivity index (χ2n) is 6.87. The highest BCUT2D eigenvalue weighted by Gasteiger charge is 2.13. The number of allylic oxidation sites excluding steroid dienone is 2. The van der Waals surface area contributed by atoms with Gasteiger partial charge < -0.3 is 14.5 Å². The molecule has 0 saturated heterocycles. The van der Waals surface area contributed by atoms with Gasteiger partial charge in [-0.2, -0.15) is 0 Å². The zero-order valence-corrected chi connectivity index (χ0v) is 18.6. The van der Waals surface area contributed by atoms with Gasteiger partial charge in [0, 0.05) is 30.3 Å². The van der Waals surface area contributed by atoms with Crippen LogP contribution in [0.5, 0.6) is 0 Å². The summed E-state index contributed by atoms with van der Waals surface area (Å²) >= 11 is 0. The van der Waals surface area contributed by atoms with Crippen molar-refractivity contribution in [3.63, 3.8) is 0 Å². The minimum absolute atomic E-state index is 0.540. The fourth-order valence-corrected chi connectivity index (χ4v) is 3.70. The Morgan fingerprint density at radius 3 is 2.32 bits per heavy atom. The summed E-state index contributed by atoms with van der Waals surface area (Å²) in [6, 6.07) is 23.5. The molecule has 3 aromatic carbocycles. The van der Waals surface area contributed by atoms with Gasteiger partial charge in [-0.25, -0.2) is 0 Å². The molecular weight excluding hydrogens is 382 g/mol. The molecule has 0 unspecified atom stereocenters. The standard InChI is InChI=1S/C24H21NO.C3H6.CH4O/c1-2-8-20-17-22-21-12-5-3-9-18(21)14-15-24(22)25(20)23-13-6-4-10-19(23)11-7-16-26;1-3-2;1-2/h2-6,8-10,12-17H,7,11H2,1H3;3H,1H2,2H3;2H,1H3/b8-2+;;. The molecule has 0 saturated carbocycles. The van der Waals surface area contributed by atoms with E-state index in [0.717, 1.165) is 31.2 Å². The summed E-state index contributed by atoms with van der Waals surface area (Å²) in [4.78, 5) is 10.9. The van der Waals surface area contributed by atoms with Crippen LogP contribution in [0.4, 0.5) is 0 Å². The molecule has 0 spiro atoms. The summed E-state index contributed by atoms with van der Waals surface area (Å²) in [7, 11) is 1.00. The number of nitrogens with zero attached hydrogens (tertiary/aromatic N) is 1. The van der Waals surface area contributed by atoms with E-state index in [-0.39, 0.29) is 0 Å². The number of aromatic nitrogens is 1. The van der Waals surface area contributed by atoms with E-state index >= 15 is 0 Å². The highest BCUT2D eigenvalue weighted by Crippen LogP contribution is 2.32. The van der Waals surface area contributed by atoms with E-state index < -0.39 is 0 Å². The zero-order chi connectivity index (χ0) is 22.6. The Morgan fingerprint density at radius 1 is 0.935 bits per heavy atom. The van der Waals surface area contributed by atoms with Gasteiger partial charge in [0.1, 0.15) is 6.29 Å². The molecule has 31 heavy (non-hydrogen) atoms. The Balaban J connectivity index is 0.000000630. The molecule has 4 aromatic rings. The third-order valence-corrected chi connectivity index (χ3v) is 4.84. The van der Waals surface area contributed by atoms with E-state index in [9.17, 15) is 4.79 Å². The first-order valence-electron chi connectivity index (χ1n) is 10.4. The van der Waals surface area contributed by atoms with E-state index in [2.05, 4.69) is 84.0 Å². The summed E-state index contributed by atoms with van der Waals surface area (Å²) in [6.45, 7) is 7.29. The van der Waals surface area contributed by atoms with E-state index in [0.29, 0.717) is 6.42 Å². The fourth-order valence-electron chi connectivity index (χ4n) is 3.70. The number of aliphatic hydroxyl groups is 1. The van der Waals surface area contributed by atoms with Crippen LogP contribution in [0.1, 0.15) is 31.5 Å². The van der Waals surface area contributed by atoms with Crippen molar-refractivity contribution in [1.82, 2.24) is 4.57 Å². The molecule has 0 aliphatic carbocycles. The van der Waals surface area contributed by atoms with Gasteiger partial charge in [0.2, 0.25) is 0 Å². The van der Waals surface area contributed by atoms with Gasteiger partial charge in [0.15, 0.2) is 0 Å². The quantitative estimate of drug-likeness (QED) is 0.290. The number of carbonyl (C=O) groups is 1. The molecule has 0 aliphatic rings. The lowest BCUT2D eigenvalue weighted by molar-refractivity contribution is -0.107. The number of aryl methyl sites for hydroxylation is 1. The number of aliphatic hydroxyl groups excluding tert-OH is 1. The van der Waals surface area contributed by atoms with Crippen LogP contribution in [0.15, 0.2) is 85.5 Å². The number of hydrogen-bond donors (Lipinski definition) is 1. The normalized spacial score (nSPS) is 10.3. The van der Waals surface area contributed by atoms with Crippen LogP contribution in [-0.4, -0.2) is 23.1 Å². The molecule has 1 N–H and O–H groups in total. The van der Waals surface area contributed by atoms with Crippen molar-refractivity contribution in [3.8, 4) is 5.69 Å². The van der Waals surface area contributed by atoms with E-state index in [1.807, 2.05) is 19.9 Å². The summed E-state index contributed by atoms with van der Waals surface area (Å²) in [6.07, 6.45) is 8.25. The predicted molar refractivity (Wildman–Crippen MR) is 134 cm³/mol. The number of fused-ring (bicyclic) bond motifs is 3. The Kier molecular flexibility index (Phi) is 9.47. The second kappa shape index (κ2) is 12.3.